The molecule has 0 aliphatic heterocycles. The summed E-state index contributed by atoms with van der Waals surface area (Å²) in [6.07, 6.45) is 2.37. The molecule has 0 heterocycles. The summed E-state index contributed by atoms with van der Waals surface area (Å²) >= 11 is 0. The lowest BCUT2D eigenvalue weighted by Gasteiger charge is -2.11. The quantitative estimate of drug-likeness (QED) is 0.567. The summed E-state index contributed by atoms with van der Waals surface area (Å²) in [5.74, 6) is -0.648. The van der Waals surface area contributed by atoms with Crippen LogP contribution in [0.1, 0.15) is 27.9 Å². The van der Waals surface area contributed by atoms with Crippen molar-refractivity contribution in [2.45, 2.75) is 13.3 Å². The lowest BCUT2D eigenvalue weighted by atomic mass is 10.1. The van der Waals surface area contributed by atoms with Crippen LogP contribution in [0, 0.1) is 6.92 Å². The van der Waals surface area contributed by atoms with Gasteiger partial charge in [-0.25, -0.2) is 0 Å². The van der Waals surface area contributed by atoms with Crippen molar-refractivity contribution in [1.82, 2.24) is 10.6 Å². The molecule has 5 heteroatoms. The maximum Gasteiger partial charge on any atom is 0.267 e. The fourth-order valence-corrected chi connectivity index (χ4v) is 2.29. The molecule has 26 heavy (non-hydrogen) atoms. The van der Waals surface area contributed by atoms with Gasteiger partial charge in [-0.3, -0.25) is 9.59 Å². The molecule has 136 valence electrons. The summed E-state index contributed by atoms with van der Waals surface area (Å²) in [6, 6.07) is 16.6. The van der Waals surface area contributed by atoms with E-state index in [1.165, 1.54) is 0 Å². The maximum atomic E-state index is 12.5. The van der Waals surface area contributed by atoms with Crippen molar-refractivity contribution in [3.8, 4) is 0 Å². The van der Waals surface area contributed by atoms with Crippen molar-refractivity contribution in [2.24, 2.45) is 0 Å². The Balaban J connectivity index is 2.14. The molecule has 0 atom stereocenters. The zero-order valence-electron chi connectivity index (χ0n) is 15.1. The Labute approximate surface area is 154 Å². The molecule has 2 amide bonds. The van der Waals surface area contributed by atoms with Crippen LogP contribution in [0.3, 0.4) is 0 Å². The topological polar surface area (TPSA) is 67.4 Å². The molecule has 0 bridgehead atoms. The Morgan fingerprint density at radius 3 is 2.38 bits per heavy atom. The van der Waals surface area contributed by atoms with Crippen LogP contribution in [-0.2, 0) is 9.53 Å². The summed E-state index contributed by atoms with van der Waals surface area (Å²) in [6.45, 7) is 2.99. The SMILES string of the molecule is COCCCNC(=O)C(=Cc1ccccc1)NC(=O)c1ccc(C)cc1. The second-order valence-electron chi connectivity index (χ2n) is 5.89. The Morgan fingerprint density at radius 2 is 1.73 bits per heavy atom. The standard InChI is InChI=1S/C21H24N2O3/c1-16-9-11-18(12-10-16)20(24)23-19(15-17-7-4-3-5-8-17)21(25)22-13-6-14-26-2/h3-5,7-12,15H,6,13-14H2,1-2H3,(H,22,25)(H,23,24). The third-order valence-corrected chi connectivity index (χ3v) is 3.73. The summed E-state index contributed by atoms with van der Waals surface area (Å²) in [4.78, 5) is 25.0. The highest BCUT2D eigenvalue weighted by atomic mass is 16.5. The molecule has 2 aromatic carbocycles. The van der Waals surface area contributed by atoms with E-state index < -0.39 is 0 Å². The van der Waals surface area contributed by atoms with Crippen LogP contribution in [0.15, 0.2) is 60.3 Å². The number of hydrogen-bond donors (Lipinski definition) is 2. The van der Waals surface area contributed by atoms with Gasteiger partial charge in [-0.1, -0.05) is 48.0 Å². The van der Waals surface area contributed by atoms with Gasteiger partial charge in [0.1, 0.15) is 5.70 Å². The minimum absolute atomic E-state index is 0.208. The van der Waals surface area contributed by atoms with Gasteiger partial charge in [-0.05, 0) is 37.1 Å². The van der Waals surface area contributed by atoms with Gasteiger partial charge in [0.25, 0.3) is 11.8 Å². The van der Waals surface area contributed by atoms with E-state index in [2.05, 4.69) is 10.6 Å². The normalized spacial score (nSPS) is 11.1. The lowest BCUT2D eigenvalue weighted by Crippen LogP contribution is -2.35. The number of carbonyl (C=O) groups excluding carboxylic acids is 2. The van der Waals surface area contributed by atoms with Gasteiger partial charge >= 0.3 is 0 Å². The number of rotatable bonds is 8. The second-order valence-corrected chi connectivity index (χ2v) is 5.89. The molecule has 2 aromatic rings. The van der Waals surface area contributed by atoms with Crippen molar-refractivity contribution < 1.29 is 14.3 Å². The van der Waals surface area contributed by atoms with Crippen LogP contribution in [0.5, 0.6) is 0 Å². The highest BCUT2D eigenvalue weighted by Gasteiger charge is 2.14. The van der Waals surface area contributed by atoms with Gasteiger partial charge in [-0.15, -0.1) is 0 Å². The van der Waals surface area contributed by atoms with Gasteiger partial charge in [0.15, 0.2) is 0 Å². The van der Waals surface area contributed by atoms with E-state index in [-0.39, 0.29) is 17.5 Å². The average molecular weight is 352 g/mol. The third kappa shape index (κ3) is 6.18. The molecule has 0 saturated heterocycles. The molecular weight excluding hydrogens is 328 g/mol. The first-order valence-corrected chi connectivity index (χ1v) is 8.52. The minimum atomic E-state index is -0.328. The molecule has 0 aromatic heterocycles. The number of hydrogen-bond acceptors (Lipinski definition) is 3. The fraction of sp³-hybridized carbons (Fsp3) is 0.238. The van der Waals surface area contributed by atoms with Crippen LogP contribution in [0.4, 0.5) is 0 Å². The Kier molecular flexibility index (Phi) is 7.58. The number of aryl methyl sites for hydroxylation is 1. The van der Waals surface area contributed by atoms with E-state index in [0.29, 0.717) is 25.1 Å². The van der Waals surface area contributed by atoms with E-state index in [1.54, 1.807) is 25.3 Å². The maximum absolute atomic E-state index is 12.5. The van der Waals surface area contributed by atoms with Crippen molar-refractivity contribution >= 4 is 17.9 Å². The molecule has 0 aliphatic carbocycles. The zero-order chi connectivity index (χ0) is 18.8. The molecule has 0 spiro atoms. The van der Waals surface area contributed by atoms with E-state index in [9.17, 15) is 9.59 Å². The van der Waals surface area contributed by atoms with E-state index in [1.807, 2.05) is 49.4 Å². The number of nitrogens with one attached hydrogen (secondary N) is 2. The second kappa shape index (κ2) is 10.2. The smallest absolute Gasteiger partial charge is 0.267 e. The number of benzene rings is 2. The van der Waals surface area contributed by atoms with Gasteiger partial charge < -0.3 is 15.4 Å². The molecule has 0 saturated carbocycles. The van der Waals surface area contributed by atoms with E-state index in [4.69, 9.17) is 4.74 Å². The lowest BCUT2D eigenvalue weighted by molar-refractivity contribution is -0.117. The first-order chi connectivity index (χ1) is 12.6. The summed E-state index contributed by atoms with van der Waals surface area (Å²) in [7, 11) is 1.62. The zero-order valence-corrected chi connectivity index (χ0v) is 15.1. The van der Waals surface area contributed by atoms with Gasteiger partial charge in [0.2, 0.25) is 0 Å². The van der Waals surface area contributed by atoms with Crippen LogP contribution in [0.2, 0.25) is 0 Å². The van der Waals surface area contributed by atoms with Gasteiger partial charge in [-0.2, -0.15) is 0 Å². The van der Waals surface area contributed by atoms with Crippen molar-refractivity contribution in [3.05, 3.63) is 77.0 Å². The molecule has 5 nitrogen and oxygen atoms in total. The molecular formula is C21H24N2O3. The predicted octanol–water partition coefficient (Wildman–Crippen LogP) is 2.92. The monoisotopic (exact) mass is 352 g/mol. The summed E-state index contributed by atoms with van der Waals surface area (Å²) < 4.78 is 4.98. The van der Waals surface area contributed by atoms with Crippen LogP contribution in [-0.4, -0.2) is 32.1 Å². The Bertz CT molecular complexity index is 753. The molecule has 0 fully saturated rings. The number of ether oxygens (including phenoxy) is 1. The van der Waals surface area contributed by atoms with Gasteiger partial charge in [0, 0.05) is 25.8 Å². The van der Waals surface area contributed by atoms with Crippen LogP contribution >= 0.6 is 0 Å². The molecule has 2 N–H and O–H groups in total. The van der Waals surface area contributed by atoms with E-state index in [0.717, 1.165) is 11.1 Å². The largest absolute Gasteiger partial charge is 0.385 e. The Hall–Kier alpha value is -2.92. The summed E-state index contributed by atoms with van der Waals surface area (Å²) in [5, 5.41) is 5.52. The number of carbonyl (C=O) groups is 2. The predicted molar refractivity (Wildman–Crippen MR) is 103 cm³/mol. The number of amides is 2. The first-order valence-electron chi connectivity index (χ1n) is 8.52. The molecule has 0 unspecified atom stereocenters. The van der Waals surface area contributed by atoms with Crippen molar-refractivity contribution in [2.75, 3.05) is 20.3 Å². The van der Waals surface area contributed by atoms with Crippen LogP contribution < -0.4 is 10.6 Å². The fourth-order valence-electron chi connectivity index (χ4n) is 2.29. The third-order valence-electron chi connectivity index (χ3n) is 3.73. The molecule has 0 radical (unpaired) electrons. The number of methoxy groups -OCH3 is 1. The van der Waals surface area contributed by atoms with Crippen molar-refractivity contribution in [3.63, 3.8) is 0 Å². The minimum Gasteiger partial charge on any atom is -0.385 e. The van der Waals surface area contributed by atoms with Crippen molar-refractivity contribution in [1.29, 1.82) is 0 Å². The highest BCUT2D eigenvalue weighted by Crippen LogP contribution is 2.08. The average Bonchev–Trinajstić information content (AvgIpc) is 2.66. The van der Waals surface area contributed by atoms with Crippen LogP contribution in [0.25, 0.3) is 6.08 Å². The molecule has 2 rings (SSSR count). The molecule has 0 aliphatic rings. The summed E-state index contributed by atoms with van der Waals surface area (Å²) in [5.41, 5.74) is 2.61. The van der Waals surface area contributed by atoms with E-state index >= 15 is 0 Å². The van der Waals surface area contributed by atoms with Gasteiger partial charge in [0.05, 0.1) is 0 Å². The first kappa shape index (κ1) is 19.4. The Morgan fingerprint density at radius 1 is 1.04 bits per heavy atom. The highest BCUT2D eigenvalue weighted by molar-refractivity contribution is 6.05.